The normalized spacial score (nSPS) is 10.1. The Morgan fingerprint density at radius 3 is 2.88 bits per heavy atom. The second kappa shape index (κ2) is 7.46. The summed E-state index contributed by atoms with van der Waals surface area (Å²) in [5.41, 5.74) is 0. The molecule has 0 saturated carbocycles. The number of esters is 1. The van der Waals surface area contributed by atoms with Crippen LogP contribution in [-0.4, -0.2) is 30.4 Å². The van der Waals surface area contributed by atoms with Gasteiger partial charge in [-0.25, -0.2) is 0 Å². The van der Waals surface area contributed by atoms with Gasteiger partial charge in [-0.15, -0.1) is 11.3 Å². The maximum Gasteiger partial charge on any atom is 0.306 e. The second-order valence-corrected chi connectivity index (χ2v) is 5.05. The molecule has 1 aromatic rings. The summed E-state index contributed by atoms with van der Waals surface area (Å²) in [5, 5.41) is 1.85. The van der Waals surface area contributed by atoms with E-state index in [0.717, 1.165) is 5.75 Å². The fourth-order valence-corrected chi connectivity index (χ4v) is 2.03. The zero-order valence-corrected chi connectivity index (χ0v) is 10.7. The third kappa shape index (κ3) is 4.81. The molecule has 1 aromatic heterocycles. The van der Waals surface area contributed by atoms with E-state index in [4.69, 9.17) is 4.74 Å². The number of carbonyl (C=O) groups excluding carboxylic acids is 2. The van der Waals surface area contributed by atoms with Crippen LogP contribution < -0.4 is 0 Å². The Balaban J connectivity index is 2.19. The Hall–Kier alpha value is -0.810. The van der Waals surface area contributed by atoms with Crippen LogP contribution in [0.3, 0.4) is 0 Å². The average Bonchev–Trinajstić information content (AvgIpc) is 2.79. The van der Waals surface area contributed by atoms with Crippen molar-refractivity contribution in [2.75, 3.05) is 18.6 Å². The minimum Gasteiger partial charge on any atom is -0.465 e. The summed E-state index contributed by atoms with van der Waals surface area (Å²) in [6.45, 7) is 0.424. The van der Waals surface area contributed by atoms with E-state index >= 15 is 0 Å². The molecule has 0 bridgehead atoms. The lowest BCUT2D eigenvalue weighted by Gasteiger charge is -2.02. The highest BCUT2D eigenvalue weighted by Crippen LogP contribution is 2.12. The number of thiophene rings is 1. The molecule has 1 heterocycles. The van der Waals surface area contributed by atoms with Gasteiger partial charge in [0.1, 0.15) is 6.61 Å². The van der Waals surface area contributed by atoms with E-state index in [1.54, 1.807) is 17.8 Å². The third-order valence-electron chi connectivity index (χ3n) is 1.90. The lowest BCUT2D eigenvalue weighted by Crippen LogP contribution is -2.09. The molecule has 5 heteroatoms. The lowest BCUT2D eigenvalue weighted by molar-refractivity contribution is -0.142. The first-order valence-electron chi connectivity index (χ1n) is 4.95. The molecular formula is C11H14O3S2. The number of hydrogen-bond acceptors (Lipinski definition) is 5. The Morgan fingerprint density at radius 1 is 1.44 bits per heavy atom. The van der Waals surface area contributed by atoms with E-state index in [9.17, 15) is 9.59 Å². The van der Waals surface area contributed by atoms with Crippen LogP contribution in [0.15, 0.2) is 17.5 Å². The van der Waals surface area contributed by atoms with Crippen molar-refractivity contribution in [3.8, 4) is 0 Å². The molecule has 0 unspecified atom stereocenters. The van der Waals surface area contributed by atoms with Crippen LogP contribution >= 0.6 is 23.1 Å². The van der Waals surface area contributed by atoms with Gasteiger partial charge in [0.15, 0.2) is 5.78 Å². The predicted octanol–water partition coefficient (Wildman–Crippen LogP) is 2.62. The number of rotatable bonds is 7. The van der Waals surface area contributed by atoms with Gasteiger partial charge in [0.05, 0.1) is 11.3 Å². The van der Waals surface area contributed by atoms with Gasteiger partial charge in [-0.2, -0.15) is 11.8 Å². The maximum atomic E-state index is 11.5. The summed E-state index contributed by atoms with van der Waals surface area (Å²) >= 11 is 3.02. The number of hydrogen-bond donors (Lipinski definition) is 0. The fourth-order valence-electron chi connectivity index (χ4n) is 1.09. The van der Waals surface area contributed by atoms with Crippen LogP contribution in [-0.2, 0) is 9.53 Å². The van der Waals surface area contributed by atoms with Gasteiger partial charge in [-0.05, 0) is 17.7 Å². The van der Waals surface area contributed by atoms with Crippen LogP contribution in [0.25, 0.3) is 0 Å². The van der Waals surface area contributed by atoms with Gasteiger partial charge >= 0.3 is 5.97 Å². The first kappa shape index (κ1) is 13.3. The summed E-state index contributed by atoms with van der Waals surface area (Å²) in [6.07, 6.45) is 2.36. The Kier molecular flexibility index (Phi) is 6.18. The third-order valence-corrected chi connectivity index (χ3v) is 3.39. The van der Waals surface area contributed by atoms with Crippen molar-refractivity contribution >= 4 is 34.9 Å². The van der Waals surface area contributed by atoms with Crippen molar-refractivity contribution in [1.29, 1.82) is 0 Å². The summed E-state index contributed by atoms with van der Waals surface area (Å²) in [6, 6.07) is 3.60. The maximum absolute atomic E-state index is 11.5. The summed E-state index contributed by atoms with van der Waals surface area (Å²) < 4.78 is 4.94. The van der Waals surface area contributed by atoms with Crippen molar-refractivity contribution in [2.45, 2.75) is 12.8 Å². The molecule has 0 N–H and O–H groups in total. The monoisotopic (exact) mass is 258 g/mol. The van der Waals surface area contributed by atoms with E-state index in [0.29, 0.717) is 11.5 Å². The number of Topliss-reactive ketones (excluding diaryl/α,β-unsaturated/α-hetero) is 1. The van der Waals surface area contributed by atoms with Crippen LogP contribution in [0.5, 0.6) is 0 Å². The van der Waals surface area contributed by atoms with Crippen LogP contribution in [0.4, 0.5) is 0 Å². The van der Waals surface area contributed by atoms with Crippen molar-refractivity contribution in [3.05, 3.63) is 22.4 Å². The molecular weight excluding hydrogens is 244 g/mol. The summed E-state index contributed by atoms with van der Waals surface area (Å²) in [5.74, 6) is 0.515. The minimum atomic E-state index is -0.293. The van der Waals surface area contributed by atoms with Gasteiger partial charge in [0.2, 0.25) is 0 Å². The van der Waals surface area contributed by atoms with E-state index < -0.39 is 0 Å². The van der Waals surface area contributed by atoms with Crippen LogP contribution in [0.2, 0.25) is 0 Å². The minimum absolute atomic E-state index is 0.0109. The molecule has 0 atom stereocenters. The first-order chi connectivity index (χ1) is 7.74. The molecule has 3 nitrogen and oxygen atoms in total. The molecule has 0 aliphatic rings. The molecule has 0 fully saturated rings. The van der Waals surface area contributed by atoms with Gasteiger partial charge in [0.25, 0.3) is 0 Å². The van der Waals surface area contributed by atoms with Gasteiger partial charge in [0, 0.05) is 12.2 Å². The van der Waals surface area contributed by atoms with E-state index in [1.807, 2.05) is 17.7 Å². The molecule has 0 aliphatic carbocycles. The highest BCUT2D eigenvalue weighted by atomic mass is 32.2. The second-order valence-electron chi connectivity index (χ2n) is 3.11. The Morgan fingerprint density at radius 2 is 2.25 bits per heavy atom. The van der Waals surface area contributed by atoms with E-state index in [2.05, 4.69) is 0 Å². The molecule has 1 rings (SSSR count). The van der Waals surface area contributed by atoms with Crippen molar-refractivity contribution < 1.29 is 14.3 Å². The van der Waals surface area contributed by atoms with Crippen molar-refractivity contribution in [3.63, 3.8) is 0 Å². The molecule has 0 aromatic carbocycles. The predicted molar refractivity (Wildman–Crippen MR) is 67.2 cm³/mol. The average molecular weight is 258 g/mol. The van der Waals surface area contributed by atoms with Gasteiger partial charge < -0.3 is 4.74 Å². The highest BCUT2D eigenvalue weighted by Gasteiger charge is 2.10. The quantitative estimate of drug-likeness (QED) is 0.428. The summed E-state index contributed by atoms with van der Waals surface area (Å²) in [4.78, 5) is 23.5. The fraction of sp³-hybridized carbons (Fsp3) is 0.455. The van der Waals surface area contributed by atoms with Gasteiger partial charge in [-0.1, -0.05) is 6.07 Å². The SMILES string of the molecule is CSCCOC(=O)CCC(=O)c1cccs1. The molecule has 0 aliphatic heterocycles. The number of ketones is 1. The number of thioether (sulfide) groups is 1. The van der Waals surface area contributed by atoms with Crippen molar-refractivity contribution in [2.24, 2.45) is 0 Å². The largest absolute Gasteiger partial charge is 0.465 e. The smallest absolute Gasteiger partial charge is 0.306 e. The zero-order valence-electron chi connectivity index (χ0n) is 9.10. The topological polar surface area (TPSA) is 43.4 Å². The van der Waals surface area contributed by atoms with E-state index in [-0.39, 0.29) is 24.6 Å². The lowest BCUT2D eigenvalue weighted by atomic mass is 10.2. The molecule has 0 amide bonds. The molecule has 0 radical (unpaired) electrons. The van der Waals surface area contributed by atoms with Crippen LogP contribution in [0.1, 0.15) is 22.5 Å². The van der Waals surface area contributed by atoms with Crippen molar-refractivity contribution in [1.82, 2.24) is 0 Å². The molecule has 16 heavy (non-hydrogen) atoms. The Bertz CT molecular complexity index is 333. The molecule has 0 spiro atoms. The van der Waals surface area contributed by atoms with E-state index in [1.165, 1.54) is 11.3 Å². The number of ether oxygens (including phenoxy) is 1. The van der Waals surface area contributed by atoms with Gasteiger partial charge in [-0.3, -0.25) is 9.59 Å². The van der Waals surface area contributed by atoms with Crippen LogP contribution in [0, 0.1) is 0 Å². The number of carbonyl (C=O) groups is 2. The zero-order chi connectivity index (χ0) is 11.8. The molecule has 88 valence electrons. The standard InChI is InChI=1S/C11H14O3S2/c1-15-8-6-14-11(13)5-4-9(12)10-3-2-7-16-10/h2-3,7H,4-6,8H2,1H3. The first-order valence-corrected chi connectivity index (χ1v) is 7.22. The molecule has 0 saturated heterocycles. The highest BCUT2D eigenvalue weighted by molar-refractivity contribution is 7.98. The summed E-state index contributed by atoms with van der Waals surface area (Å²) in [7, 11) is 0. The Labute approximate surface area is 103 Å².